The Kier molecular flexibility index (Phi) is 5.12. The lowest BCUT2D eigenvalue weighted by molar-refractivity contribution is -0.117. The van der Waals surface area contributed by atoms with E-state index in [1.165, 1.54) is 12.1 Å². The minimum atomic E-state index is -0.438. The third-order valence-corrected chi connectivity index (χ3v) is 4.34. The number of nitrogens with one attached hydrogen (secondary N) is 1. The molecule has 0 bridgehead atoms. The highest BCUT2D eigenvalue weighted by molar-refractivity contribution is 5.95. The van der Waals surface area contributed by atoms with Gasteiger partial charge in [-0.25, -0.2) is 4.39 Å². The Balaban J connectivity index is 1.73. The SMILES string of the molecule is Cc1cc(F)cc(C(C)C(=O)Nc2ccc(-c3ccnc(C)c3)cc2)c1. The van der Waals surface area contributed by atoms with E-state index in [4.69, 9.17) is 0 Å². The Labute approximate surface area is 152 Å². The van der Waals surface area contributed by atoms with Gasteiger partial charge >= 0.3 is 0 Å². The Morgan fingerprint density at radius 3 is 2.38 bits per heavy atom. The summed E-state index contributed by atoms with van der Waals surface area (Å²) in [5.74, 6) is -0.925. The fourth-order valence-electron chi connectivity index (χ4n) is 2.89. The number of benzene rings is 2. The highest BCUT2D eigenvalue weighted by Gasteiger charge is 2.16. The third kappa shape index (κ3) is 4.14. The number of aromatic nitrogens is 1. The molecule has 0 spiro atoms. The first-order valence-electron chi connectivity index (χ1n) is 8.53. The van der Waals surface area contributed by atoms with Crippen LogP contribution in [0.5, 0.6) is 0 Å². The molecule has 0 aliphatic heterocycles. The number of carbonyl (C=O) groups excluding carboxylic acids is 1. The number of anilines is 1. The second-order valence-electron chi connectivity index (χ2n) is 6.54. The lowest BCUT2D eigenvalue weighted by Gasteiger charge is -2.14. The fraction of sp³-hybridized carbons (Fsp3) is 0.182. The molecule has 0 aliphatic rings. The Bertz CT molecular complexity index is 915. The van der Waals surface area contributed by atoms with Gasteiger partial charge in [0.1, 0.15) is 5.82 Å². The van der Waals surface area contributed by atoms with Crippen LogP contribution in [0.3, 0.4) is 0 Å². The van der Waals surface area contributed by atoms with Crippen LogP contribution in [0.4, 0.5) is 10.1 Å². The zero-order valence-electron chi connectivity index (χ0n) is 15.1. The Morgan fingerprint density at radius 1 is 1.00 bits per heavy atom. The van der Waals surface area contributed by atoms with E-state index in [1.807, 2.05) is 56.3 Å². The molecule has 4 heteroatoms. The number of nitrogens with zero attached hydrogens (tertiary/aromatic N) is 1. The van der Waals surface area contributed by atoms with Crippen molar-refractivity contribution >= 4 is 11.6 Å². The minimum Gasteiger partial charge on any atom is -0.326 e. The van der Waals surface area contributed by atoms with E-state index in [0.29, 0.717) is 11.3 Å². The molecule has 0 radical (unpaired) electrons. The zero-order chi connectivity index (χ0) is 18.7. The van der Waals surface area contributed by atoms with E-state index in [0.717, 1.165) is 22.4 Å². The van der Waals surface area contributed by atoms with E-state index >= 15 is 0 Å². The van der Waals surface area contributed by atoms with Gasteiger partial charge in [0, 0.05) is 17.6 Å². The van der Waals surface area contributed by atoms with E-state index < -0.39 is 5.92 Å². The van der Waals surface area contributed by atoms with Crippen LogP contribution in [0.25, 0.3) is 11.1 Å². The van der Waals surface area contributed by atoms with E-state index in [2.05, 4.69) is 10.3 Å². The van der Waals surface area contributed by atoms with Crippen molar-refractivity contribution in [1.82, 2.24) is 4.98 Å². The van der Waals surface area contributed by atoms with Gasteiger partial charge in [-0.2, -0.15) is 0 Å². The van der Waals surface area contributed by atoms with Gasteiger partial charge in [0.05, 0.1) is 5.92 Å². The first-order chi connectivity index (χ1) is 12.4. The third-order valence-electron chi connectivity index (χ3n) is 4.34. The van der Waals surface area contributed by atoms with Crippen molar-refractivity contribution in [2.75, 3.05) is 5.32 Å². The molecule has 1 aromatic heterocycles. The van der Waals surface area contributed by atoms with Crippen LogP contribution in [0, 0.1) is 19.7 Å². The molecule has 26 heavy (non-hydrogen) atoms. The molecule has 1 atom stereocenters. The standard InChI is InChI=1S/C22H21FN2O/c1-14-10-19(13-20(23)11-14)16(3)22(26)25-21-6-4-17(5-7-21)18-8-9-24-15(2)12-18/h4-13,16H,1-3H3,(H,25,26). The van der Waals surface area contributed by atoms with Crippen molar-refractivity contribution in [1.29, 1.82) is 0 Å². The summed E-state index contributed by atoms with van der Waals surface area (Å²) < 4.78 is 13.6. The van der Waals surface area contributed by atoms with Crippen LogP contribution in [-0.4, -0.2) is 10.9 Å². The summed E-state index contributed by atoms with van der Waals surface area (Å²) in [5, 5.41) is 2.90. The molecule has 3 aromatic rings. The highest BCUT2D eigenvalue weighted by atomic mass is 19.1. The number of rotatable bonds is 4. The van der Waals surface area contributed by atoms with Crippen LogP contribution in [0.2, 0.25) is 0 Å². The number of hydrogen-bond donors (Lipinski definition) is 1. The quantitative estimate of drug-likeness (QED) is 0.700. The summed E-state index contributed by atoms with van der Waals surface area (Å²) in [6, 6.07) is 16.3. The molecular formula is C22H21FN2O. The molecule has 1 amide bonds. The fourth-order valence-corrected chi connectivity index (χ4v) is 2.89. The monoisotopic (exact) mass is 348 g/mol. The molecule has 3 rings (SSSR count). The van der Waals surface area contributed by atoms with Crippen LogP contribution in [0.1, 0.15) is 29.7 Å². The van der Waals surface area contributed by atoms with Crippen LogP contribution in [-0.2, 0) is 4.79 Å². The number of hydrogen-bond acceptors (Lipinski definition) is 2. The van der Waals surface area contributed by atoms with E-state index in [-0.39, 0.29) is 11.7 Å². The smallest absolute Gasteiger partial charge is 0.231 e. The van der Waals surface area contributed by atoms with Crippen molar-refractivity contribution in [3.8, 4) is 11.1 Å². The molecule has 1 heterocycles. The molecule has 2 aromatic carbocycles. The molecule has 0 aliphatic carbocycles. The summed E-state index contributed by atoms with van der Waals surface area (Å²) in [7, 11) is 0. The van der Waals surface area contributed by atoms with Gasteiger partial charge < -0.3 is 5.32 Å². The average molecular weight is 348 g/mol. The lowest BCUT2D eigenvalue weighted by Crippen LogP contribution is -2.19. The normalized spacial score (nSPS) is 11.8. The lowest BCUT2D eigenvalue weighted by atomic mass is 9.98. The highest BCUT2D eigenvalue weighted by Crippen LogP contribution is 2.24. The molecule has 0 fully saturated rings. The maximum Gasteiger partial charge on any atom is 0.231 e. The van der Waals surface area contributed by atoms with Gasteiger partial charge in [0.15, 0.2) is 0 Å². The average Bonchev–Trinajstić information content (AvgIpc) is 2.61. The van der Waals surface area contributed by atoms with Crippen LogP contribution in [0.15, 0.2) is 60.8 Å². The van der Waals surface area contributed by atoms with Crippen molar-refractivity contribution < 1.29 is 9.18 Å². The zero-order valence-corrected chi connectivity index (χ0v) is 15.1. The largest absolute Gasteiger partial charge is 0.326 e. The number of aryl methyl sites for hydroxylation is 2. The van der Waals surface area contributed by atoms with E-state index in [1.54, 1.807) is 13.1 Å². The maximum absolute atomic E-state index is 13.6. The second-order valence-corrected chi connectivity index (χ2v) is 6.54. The van der Waals surface area contributed by atoms with Gasteiger partial charge in [-0.15, -0.1) is 0 Å². The van der Waals surface area contributed by atoms with Crippen molar-refractivity contribution in [3.63, 3.8) is 0 Å². The molecule has 0 saturated heterocycles. The first-order valence-corrected chi connectivity index (χ1v) is 8.53. The number of pyridine rings is 1. The van der Waals surface area contributed by atoms with Gasteiger partial charge in [0.25, 0.3) is 0 Å². The van der Waals surface area contributed by atoms with Crippen LogP contribution < -0.4 is 5.32 Å². The van der Waals surface area contributed by atoms with Crippen molar-refractivity contribution in [2.45, 2.75) is 26.7 Å². The van der Waals surface area contributed by atoms with Gasteiger partial charge in [-0.1, -0.05) is 18.2 Å². The molecule has 3 nitrogen and oxygen atoms in total. The Hall–Kier alpha value is -3.01. The molecule has 1 unspecified atom stereocenters. The molecule has 1 N–H and O–H groups in total. The van der Waals surface area contributed by atoms with Crippen LogP contribution >= 0.6 is 0 Å². The predicted octanol–water partition coefficient (Wildman–Crippen LogP) is 5.25. The number of amides is 1. The van der Waals surface area contributed by atoms with Crippen molar-refractivity contribution in [2.24, 2.45) is 0 Å². The summed E-state index contributed by atoms with van der Waals surface area (Å²) in [5.41, 5.74) is 5.28. The molecule has 0 saturated carbocycles. The molecule has 132 valence electrons. The maximum atomic E-state index is 13.6. The molecular weight excluding hydrogens is 327 g/mol. The van der Waals surface area contributed by atoms with Gasteiger partial charge in [-0.3, -0.25) is 9.78 Å². The topological polar surface area (TPSA) is 42.0 Å². The Morgan fingerprint density at radius 2 is 1.73 bits per heavy atom. The minimum absolute atomic E-state index is 0.164. The summed E-state index contributed by atoms with van der Waals surface area (Å²) in [6.45, 7) is 5.54. The van der Waals surface area contributed by atoms with Crippen molar-refractivity contribution in [3.05, 3.63) is 83.4 Å². The van der Waals surface area contributed by atoms with Gasteiger partial charge in [0.2, 0.25) is 5.91 Å². The van der Waals surface area contributed by atoms with E-state index in [9.17, 15) is 9.18 Å². The summed E-state index contributed by atoms with van der Waals surface area (Å²) in [6.07, 6.45) is 1.78. The number of carbonyl (C=O) groups is 1. The number of halogens is 1. The summed E-state index contributed by atoms with van der Waals surface area (Å²) in [4.78, 5) is 16.7. The first kappa shape index (κ1) is 17.8. The predicted molar refractivity (Wildman–Crippen MR) is 103 cm³/mol. The van der Waals surface area contributed by atoms with Gasteiger partial charge in [-0.05, 0) is 79.4 Å². The second kappa shape index (κ2) is 7.48. The summed E-state index contributed by atoms with van der Waals surface area (Å²) >= 11 is 0.